The Kier molecular flexibility index (Phi) is 6.38. The molecule has 1 aliphatic rings. The van der Waals surface area contributed by atoms with Crippen molar-refractivity contribution < 1.29 is 13.7 Å². The van der Waals surface area contributed by atoms with E-state index in [0.29, 0.717) is 29.2 Å². The van der Waals surface area contributed by atoms with Crippen LogP contribution in [0.1, 0.15) is 48.0 Å². The topological polar surface area (TPSA) is 71.3 Å². The van der Waals surface area contributed by atoms with Crippen LogP contribution in [0.3, 0.4) is 0 Å². The van der Waals surface area contributed by atoms with Gasteiger partial charge >= 0.3 is 6.03 Å². The SMILES string of the molecule is CCc1ccc(-c2noc(C3=C(C)N(Cc4cccc(C)c4)C(=O)NC3c3cccc(F)c3)n2)cc1. The predicted molar refractivity (Wildman–Crippen MR) is 136 cm³/mol. The summed E-state index contributed by atoms with van der Waals surface area (Å²) in [5.74, 6) is 0.349. The number of benzene rings is 3. The van der Waals surface area contributed by atoms with Crippen molar-refractivity contribution in [3.05, 3.63) is 112 Å². The van der Waals surface area contributed by atoms with Crippen LogP contribution in [-0.4, -0.2) is 21.1 Å². The van der Waals surface area contributed by atoms with Crippen molar-refractivity contribution in [2.24, 2.45) is 0 Å². The van der Waals surface area contributed by atoms with Crippen molar-refractivity contribution in [1.29, 1.82) is 0 Å². The van der Waals surface area contributed by atoms with Crippen molar-refractivity contribution in [3.63, 3.8) is 0 Å². The number of aryl methyl sites for hydroxylation is 2. The van der Waals surface area contributed by atoms with Crippen LogP contribution in [-0.2, 0) is 13.0 Å². The van der Waals surface area contributed by atoms with Gasteiger partial charge in [-0.05, 0) is 49.1 Å². The normalized spacial score (nSPS) is 15.8. The quantitative estimate of drug-likeness (QED) is 0.343. The second kappa shape index (κ2) is 9.77. The first kappa shape index (κ1) is 23.5. The molecular formula is C29H27FN4O2. The molecule has 0 aliphatic carbocycles. The number of hydrogen-bond donors (Lipinski definition) is 1. The number of carbonyl (C=O) groups is 1. The van der Waals surface area contributed by atoms with Crippen LogP contribution in [0.15, 0.2) is 83.0 Å². The Bertz CT molecular complexity index is 1440. The molecule has 0 spiro atoms. The van der Waals surface area contributed by atoms with E-state index in [2.05, 4.69) is 22.4 Å². The van der Waals surface area contributed by atoms with E-state index in [1.165, 1.54) is 17.7 Å². The molecule has 2 heterocycles. The third-order valence-corrected chi connectivity index (χ3v) is 6.48. The molecule has 4 aromatic rings. The van der Waals surface area contributed by atoms with Gasteiger partial charge in [-0.15, -0.1) is 0 Å². The molecule has 1 atom stereocenters. The number of carbonyl (C=O) groups excluding carboxylic acids is 1. The molecule has 1 aliphatic heterocycles. The molecule has 7 heteroatoms. The van der Waals surface area contributed by atoms with Crippen LogP contribution < -0.4 is 5.32 Å². The summed E-state index contributed by atoms with van der Waals surface area (Å²) in [6, 6.07) is 21.3. The molecule has 182 valence electrons. The number of hydrogen-bond acceptors (Lipinski definition) is 4. The summed E-state index contributed by atoms with van der Waals surface area (Å²) in [4.78, 5) is 19.6. The monoisotopic (exact) mass is 482 g/mol. The summed E-state index contributed by atoms with van der Waals surface area (Å²) in [6.45, 7) is 6.35. The van der Waals surface area contributed by atoms with Crippen LogP contribution in [0.2, 0.25) is 0 Å². The standard InChI is InChI=1S/C29H27FN4O2/c1-4-20-11-13-22(14-12-20)27-32-28(36-33-27)25-19(3)34(17-21-8-5-7-18(2)15-21)29(35)31-26(25)23-9-6-10-24(30)16-23/h5-16,26H,4,17H2,1-3H3,(H,31,35). The highest BCUT2D eigenvalue weighted by atomic mass is 19.1. The Morgan fingerprint density at radius 1 is 1.00 bits per heavy atom. The molecule has 5 rings (SSSR count). The van der Waals surface area contributed by atoms with Crippen molar-refractivity contribution in [1.82, 2.24) is 20.4 Å². The fourth-order valence-electron chi connectivity index (χ4n) is 4.52. The van der Waals surface area contributed by atoms with E-state index >= 15 is 0 Å². The van der Waals surface area contributed by atoms with Crippen LogP contribution in [0.25, 0.3) is 17.0 Å². The number of nitrogens with one attached hydrogen (secondary N) is 1. The second-order valence-corrected chi connectivity index (χ2v) is 8.99. The number of amides is 2. The van der Waals surface area contributed by atoms with Gasteiger partial charge in [-0.3, -0.25) is 4.90 Å². The number of allylic oxidation sites excluding steroid dienone is 1. The zero-order valence-corrected chi connectivity index (χ0v) is 20.5. The highest BCUT2D eigenvalue weighted by Gasteiger charge is 2.36. The molecule has 6 nitrogen and oxygen atoms in total. The smallest absolute Gasteiger partial charge is 0.322 e. The van der Waals surface area contributed by atoms with Crippen molar-refractivity contribution in [2.45, 2.75) is 39.8 Å². The maximum absolute atomic E-state index is 14.1. The average Bonchev–Trinajstić information content (AvgIpc) is 3.36. The summed E-state index contributed by atoms with van der Waals surface area (Å²) in [6.07, 6.45) is 0.940. The Hall–Kier alpha value is -4.26. The molecule has 1 aromatic heterocycles. The van der Waals surface area contributed by atoms with Crippen LogP contribution in [0.4, 0.5) is 9.18 Å². The largest absolute Gasteiger partial charge is 0.334 e. The number of urea groups is 1. The van der Waals surface area contributed by atoms with Crippen LogP contribution >= 0.6 is 0 Å². The molecule has 3 aromatic carbocycles. The first-order valence-electron chi connectivity index (χ1n) is 12.0. The Labute approximate surface area is 209 Å². The lowest BCUT2D eigenvalue weighted by molar-refractivity contribution is 0.203. The van der Waals surface area contributed by atoms with Gasteiger partial charge in [0.25, 0.3) is 5.89 Å². The highest BCUT2D eigenvalue weighted by Crippen LogP contribution is 2.38. The first-order valence-corrected chi connectivity index (χ1v) is 12.0. The highest BCUT2D eigenvalue weighted by molar-refractivity contribution is 5.86. The zero-order chi connectivity index (χ0) is 25.2. The fourth-order valence-corrected chi connectivity index (χ4v) is 4.52. The third-order valence-electron chi connectivity index (χ3n) is 6.48. The van der Waals surface area contributed by atoms with Gasteiger partial charge in [-0.2, -0.15) is 4.98 Å². The van der Waals surface area contributed by atoms with Gasteiger partial charge in [0.2, 0.25) is 5.82 Å². The summed E-state index contributed by atoms with van der Waals surface area (Å²) < 4.78 is 19.9. The molecule has 0 fully saturated rings. The van der Waals surface area contributed by atoms with Crippen LogP contribution in [0, 0.1) is 12.7 Å². The van der Waals surface area contributed by atoms with Crippen molar-refractivity contribution in [3.8, 4) is 11.4 Å². The molecule has 0 saturated heterocycles. The Balaban J connectivity index is 1.58. The summed E-state index contributed by atoms with van der Waals surface area (Å²) in [7, 11) is 0. The lowest BCUT2D eigenvalue weighted by Gasteiger charge is -2.35. The minimum Gasteiger partial charge on any atom is -0.334 e. The number of rotatable bonds is 6. The average molecular weight is 483 g/mol. The molecular weight excluding hydrogens is 455 g/mol. The number of nitrogens with zero attached hydrogens (tertiary/aromatic N) is 3. The fraction of sp³-hybridized carbons (Fsp3) is 0.207. The third kappa shape index (κ3) is 4.64. The van der Waals surface area contributed by atoms with Crippen molar-refractivity contribution in [2.75, 3.05) is 0 Å². The molecule has 36 heavy (non-hydrogen) atoms. The maximum atomic E-state index is 14.1. The summed E-state index contributed by atoms with van der Waals surface area (Å²) in [5.41, 5.74) is 6.06. The van der Waals surface area contributed by atoms with E-state index in [4.69, 9.17) is 4.52 Å². The van der Waals surface area contributed by atoms with E-state index < -0.39 is 6.04 Å². The minimum absolute atomic E-state index is 0.276. The Morgan fingerprint density at radius 2 is 1.78 bits per heavy atom. The number of aromatic nitrogens is 2. The zero-order valence-electron chi connectivity index (χ0n) is 20.5. The molecule has 2 amide bonds. The van der Waals surface area contributed by atoms with Gasteiger partial charge < -0.3 is 9.84 Å². The van der Waals surface area contributed by atoms with Gasteiger partial charge in [-0.25, -0.2) is 9.18 Å². The van der Waals surface area contributed by atoms with E-state index in [1.54, 1.807) is 17.0 Å². The van der Waals surface area contributed by atoms with Crippen LogP contribution in [0.5, 0.6) is 0 Å². The predicted octanol–water partition coefficient (Wildman–Crippen LogP) is 6.44. The van der Waals surface area contributed by atoms with E-state index in [1.807, 2.05) is 62.4 Å². The summed E-state index contributed by atoms with van der Waals surface area (Å²) >= 11 is 0. The maximum Gasteiger partial charge on any atom is 0.322 e. The molecule has 0 bridgehead atoms. The molecule has 1 unspecified atom stereocenters. The molecule has 1 N–H and O–H groups in total. The van der Waals surface area contributed by atoms with E-state index in [-0.39, 0.29) is 17.7 Å². The lowest BCUT2D eigenvalue weighted by atomic mass is 9.94. The minimum atomic E-state index is -0.641. The van der Waals surface area contributed by atoms with Gasteiger partial charge in [0.15, 0.2) is 0 Å². The van der Waals surface area contributed by atoms with E-state index in [0.717, 1.165) is 23.1 Å². The number of halogens is 1. The van der Waals surface area contributed by atoms with Gasteiger partial charge in [0, 0.05) is 11.3 Å². The van der Waals surface area contributed by atoms with Crippen molar-refractivity contribution >= 4 is 11.6 Å². The van der Waals surface area contributed by atoms with Gasteiger partial charge in [0.1, 0.15) is 5.82 Å². The summed E-state index contributed by atoms with van der Waals surface area (Å²) in [5, 5.41) is 7.23. The van der Waals surface area contributed by atoms with Gasteiger partial charge in [0.05, 0.1) is 18.2 Å². The van der Waals surface area contributed by atoms with Gasteiger partial charge in [-0.1, -0.05) is 78.3 Å². The van der Waals surface area contributed by atoms with E-state index in [9.17, 15) is 9.18 Å². The molecule has 0 saturated carbocycles. The lowest BCUT2D eigenvalue weighted by Crippen LogP contribution is -2.45. The molecule has 0 radical (unpaired) electrons. The first-order chi connectivity index (χ1) is 17.4. The second-order valence-electron chi connectivity index (χ2n) is 8.99. The Morgan fingerprint density at radius 3 is 2.50 bits per heavy atom.